The average Bonchev–Trinajstić information content (AvgIpc) is 3.49. The first-order chi connectivity index (χ1) is 14.6. The fourth-order valence-corrected chi connectivity index (χ4v) is 3.76. The molecule has 5 rings (SSSR count). The number of imidazole rings is 1. The van der Waals surface area contributed by atoms with E-state index in [1.165, 1.54) is 18.4 Å². The molecule has 4 aromatic rings. The molecular weight excluding hydrogens is 398 g/mol. The summed E-state index contributed by atoms with van der Waals surface area (Å²) < 4.78 is 0. The van der Waals surface area contributed by atoms with E-state index < -0.39 is 0 Å². The SMILES string of the molecule is Cc1cc(C2CC2)cc(Cl)c1Nc1nc(Nc2ccc(C#N)cc2)nc2nc[nH]c12. The van der Waals surface area contributed by atoms with Crippen molar-refractivity contribution in [2.24, 2.45) is 0 Å². The van der Waals surface area contributed by atoms with E-state index >= 15 is 0 Å². The molecule has 1 aliphatic carbocycles. The Balaban J connectivity index is 1.49. The highest BCUT2D eigenvalue weighted by Gasteiger charge is 2.25. The first-order valence-electron chi connectivity index (χ1n) is 9.66. The first-order valence-corrected chi connectivity index (χ1v) is 10.0. The van der Waals surface area contributed by atoms with Gasteiger partial charge in [0.25, 0.3) is 0 Å². The van der Waals surface area contributed by atoms with Crippen LogP contribution in [0.5, 0.6) is 0 Å². The van der Waals surface area contributed by atoms with Crippen molar-refractivity contribution in [3.05, 3.63) is 64.4 Å². The molecule has 1 aliphatic rings. The fourth-order valence-electron chi connectivity index (χ4n) is 3.44. The minimum absolute atomic E-state index is 0.394. The van der Waals surface area contributed by atoms with Gasteiger partial charge in [0.05, 0.1) is 28.7 Å². The Morgan fingerprint density at radius 1 is 1.13 bits per heavy atom. The average molecular weight is 416 g/mol. The highest BCUT2D eigenvalue weighted by molar-refractivity contribution is 6.33. The summed E-state index contributed by atoms with van der Waals surface area (Å²) in [5.41, 5.74) is 5.77. The van der Waals surface area contributed by atoms with Crippen LogP contribution in [0, 0.1) is 18.3 Å². The number of nitrogens with one attached hydrogen (secondary N) is 3. The van der Waals surface area contributed by atoms with E-state index in [0.29, 0.717) is 39.4 Å². The van der Waals surface area contributed by atoms with Crippen LogP contribution in [0.3, 0.4) is 0 Å². The number of anilines is 4. The van der Waals surface area contributed by atoms with Crippen LogP contribution in [-0.4, -0.2) is 19.9 Å². The zero-order chi connectivity index (χ0) is 20.7. The zero-order valence-electron chi connectivity index (χ0n) is 16.2. The largest absolute Gasteiger partial charge is 0.340 e. The molecule has 2 aromatic heterocycles. The summed E-state index contributed by atoms with van der Waals surface area (Å²) in [6.07, 6.45) is 4.04. The summed E-state index contributed by atoms with van der Waals surface area (Å²) in [4.78, 5) is 16.5. The van der Waals surface area contributed by atoms with Crippen LogP contribution >= 0.6 is 11.6 Å². The molecule has 3 N–H and O–H groups in total. The minimum atomic E-state index is 0.394. The minimum Gasteiger partial charge on any atom is -0.340 e. The van der Waals surface area contributed by atoms with E-state index in [1.807, 2.05) is 13.0 Å². The molecule has 7 nitrogen and oxygen atoms in total. The lowest BCUT2D eigenvalue weighted by Gasteiger charge is -2.14. The number of aromatic amines is 1. The molecule has 0 atom stereocenters. The smallest absolute Gasteiger partial charge is 0.231 e. The molecule has 30 heavy (non-hydrogen) atoms. The van der Waals surface area contributed by atoms with Gasteiger partial charge in [-0.05, 0) is 67.1 Å². The number of hydrogen-bond donors (Lipinski definition) is 3. The topological polar surface area (TPSA) is 102 Å². The summed E-state index contributed by atoms with van der Waals surface area (Å²) in [6, 6.07) is 13.4. The Bertz CT molecular complexity index is 1260. The standard InChI is InChI=1S/C22H18ClN7/c1-12-8-15(14-4-5-14)9-17(23)18(12)28-21-19-20(26-11-25-19)29-22(30-21)27-16-6-2-13(10-24)3-7-16/h2-3,6-9,11,14H,4-5H2,1H3,(H3,25,26,27,28,29,30). The predicted octanol–water partition coefficient (Wildman–Crippen LogP) is 5.55. The van der Waals surface area contributed by atoms with E-state index in [1.54, 1.807) is 30.6 Å². The lowest BCUT2D eigenvalue weighted by atomic mass is 10.1. The van der Waals surface area contributed by atoms with Gasteiger partial charge in [-0.3, -0.25) is 0 Å². The zero-order valence-corrected chi connectivity index (χ0v) is 17.0. The van der Waals surface area contributed by atoms with Crippen LogP contribution < -0.4 is 10.6 Å². The van der Waals surface area contributed by atoms with Crippen molar-refractivity contribution in [1.82, 2.24) is 19.9 Å². The number of halogens is 1. The normalized spacial score (nSPS) is 13.2. The van der Waals surface area contributed by atoms with E-state index in [2.05, 4.69) is 42.7 Å². The van der Waals surface area contributed by atoms with Crippen molar-refractivity contribution in [3.8, 4) is 6.07 Å². The lowest BCUT2D eigenvalue weighted by molar-refractivity contribution is 1.12. The van der Waals surface area contributed by atoms with Gasteiger partial charge in [-0.2, -0.15) is 15.2 Å². The monoisotopic (exact) mass is 415 g/mol. The number of nitriles is 1. The third-order valence-corrected chi connectivity index (χ3v) is 5.46. The maximum Gasteiger partial charge on any atom is 0.231 e. The number of aromatic nitrogens is 4. The van der Waals surface area contributed by atoms with Gasteiger partial charge in [0.15, 0.2) is 11.5 Å². The number of rotatable bonds is 5. The Kier molecular flexibility index (Phi) is 4.49. The second-order valence-corrected chi connectivity index (χ2v) is 7.81. The van der Waals surface area contributed by atoms with Gasteiger partial charge in [-0.15, -0.1) is 0 Å². The van der Waals surface area contributed by atoms with Gasteiger partial charge >= 0.3 is 0 Å². The molecule has 0 spiro atoms. The van der Waals surface area contributed by atoms with Crippen molar-refractivity contribution in [2.45, 2.75) is 25.7 Å². The molecule has 1 saturated carbocycles. The fraction of sp³-hybridized carbons (Fsp3) is 0.182. The highest BCUT2D eigenvalue weighted by atomic mass is 35.5. The van der Waals surface area contributed by atoms with Crippen molar-refractivity contribution >= 4 is 45.9 Å². The third-order valence-electron chi connectivity index (χ3n) is 5.16. The Hall–Kier alpha value is -3.63. The second-order valence-electron chi connectivity index (χ2n) is 7.41. The molecule has 2 heterocycles. The van der Waals surface area contributed by atoms with Crippen molar-refractivity contribution in [1.29, 1.82) is 5.26 Å². The third kappa shape index (κ3) is 3.53. The molecule has 0 unspecified atom stereocenters. The lowest BCUT2D eigenvalue weighted by Crippen LogP contribution is -2.04. The molecule has 0 amide bonds. The molecular formula is C22H18ClN7. The summed E-state index contributed by atoms with van der Waals surface area (Å²) >= 11 is 6.61. The molecule has 8 heteroatoms. The van der Waals surface area contributed by atoms with Gasteiger partial charge in [0, 0.05) is 5.69 Å². The van der Waals surface area contributed by atoms with Crippen LogP contribution in [0.15, 0.2) is 42.7 Å². The number of hydrogen-bond acceptors (Lipinski definition) is 6. The van der Waals surface area contributed by atoms with Crippen molar-refractivity contribution in [2.75, 3.05) is 10.6 Å². The molecule has 0 radical (unpaired) electrons. The van der Waals surface area contributed by atoms with Crippen LogP contribution in [0.2, 0.25) is 5.02 Å². The summed E-state index contributed by atoms with van der Waals surface area (Å²) in [6.45, 7) is 2.04. The van der Waals surface area contributed by atoms with Crippen LogP contribution in [0.25, 0.3) is 11.2 Å². The second kappa shape index (κ2) is 7.32. The summed E-state index contributed by atoms with van der Waals surface area (Å²) in [5, 5.41) is 16.2. The number of nitrogens with zero attached hydrogens (tertiary/aromatic N) is 4. The maximum atomic E-state index is 8.96. The Morgan fingerprint density at radius 2 is 1.93 bits per heavy atom. The molecule has 0 saturated heterocycles. The van der Waals surface area contributed by atoms with Crippen molar-refractivity contribution < 1.29 is 0 Å². The van der Waals surface area contributed by atoms with E-state index in [-0.39, 0.29) is 0 Å². The molecule has 0 aliphatic heterocycles. The van der Waals surface area contributed by atoms with Gasteiger partial charge < -0.3 is 15.6 Å². The van der Waals surface area contributed by atoms with Gasteiger partial charge in [0.1, 0.15) is 5.52 Å². The van der Waals surface area contributed by atoms with Gasteiger partial charge in [-0.25, -0.2) is 4.98 Å². The number of fused-ring (bicyclic) bond motifs is 1. The quantitative estimate of drug-likeness (QED) is 0.395. The van der Waals surface area contributed by atoms with Crippen LogP contribution in [0.1, 0.15) is 35.4 Å². The van der Waals surface area contributed by atoms with Gasteiger partial charge in [0.2, 0.25) is 5.95 Å². The van der Waals surface area contributed by atoms with E-state index in [4.69, 9.17) is 16.9 Å². The Morgan fingerprint density at radius 3 is 2.63 bits per heavy atom. The highest BCUT2D eigenvalue weighted by Crippen LogP contribution is 2.43. The predicted molar refractivity (Wildman–Crippen MR) is 118 cm³/mol. The first kappa shape index (κ1) is 18.4. The van der Waals surface area contributed by atoms with Crippen LogP contribution in [0.4, 0.5) is 23.1 Å². The summed E-state index contributed by atoms with van der Waals surface area (Å²) in [5.74, 6) is 1.61. The summed E-state index contributed by atoms with van der Waals surface area (Å²) in [7, 11) is 0. The van der Waals surface area contributed by atoms with E-state index in [0.717, 1.165) is 16.9 Å². The van der Waals surface area contributed by atoms with E-state index in [9.17, 15) is 0 Å². The van der Waals surface area contributed by atoms with Crippen molar-refractivity contribution in [3.63, 3.8) is 0 Å². The molecule has 1 fully saturated rings. The molecule has 0 bridgehead atoms. The number of benzene rings is 2. The van der Waals surface area contributed by atoms with Gasteiger partial charge in [-0.1, -0.05) is 17.7 Å². The Labute approximate surface area is 178 Å². The molecule has 2 aromatic carbocycles. The van der Waals surface area contributed by atoms with Crippen LogP contribution in [-0.2, 0) is 0 Å². The maximum absolute atomic E-state index is 8.96. The molecule has 148 valence electrons. The number of H-pyrrole nitrogens is 1. The number of aryl methyl sites for hydroxylation is 1.